The Morgan fingerprint density at radius 2 is 1.96 bits per heavy atom. The van der Waals surface area contributed by atoms with Crippen LogP contribution >= 0.6 is 22.9 Å². The second kappa shape index (κ2) is 7.60. The number of aromatic nitrogens is 1. The molecule has 0 atom stereocenters. The third kappa shape index (κ3) is 4.22. The number of rotatable bonds is 5. The van der Waals surface area contributed by atoms with E-state index in [4.69, 9.17) is 16.6 Å². The van der Waals surface area contributed by atoms with Crippen LogP contribution in [0.15, 0.2) is 53.9 Å². The van der Waals surface area contributed by atoms with Crippen molar-refractivity contribution in [2.45, 2.75) is 13.3 Å². The van der Waals surface area contributed by atoms with Gasteiger partial charge < -0.3 is 5.32 Å². The number of nitrogens with one attached hydrogen (secondary N) is 1. The Hall–Kier alpha value is -2.17. The molecule has 122 valence electrons. The molecule has 0 spiro atoms. The van der Waals surface area contributed by atoms with Crippen LogP contribution < -0.4 is 5.32 Å². The molecule has 24 heavy (non-hydrogen) atoms. The van der Waals surface area contributed by atoms with Crippen LogP contribution in [-0.4, -0.2) is 17.4 Å². The Morgan fingerprint density at radius 3 is 2.67 bits per heavy atom. The number of carbonyl (C=O) groups excluding carboxylic acids is 1. The number of halogens is 1. The van der Waals surface area contributed by atoms with Gasteiger partial charge in [0.1, 0.15) is 5.01 Å². The summed E-state index contributed by atoms with van der Waals surface area (Å²) in [5.41, 5.74) is 4.27. The molecule has 1 aromatic heterocycles. The van der Waals surface area contributed by atoms with E-state index in [2.05, 4.69) is 35.0 Å². The van der Waals surface area contributed by atoms with E-state index < -0.39 is 0 Å². The summed E-state index contributed by atoms with van der Waals surface area (Å²) in [6.45, 7) is 2.19. The summed E-state index contributed by atoms with van der Waals surface area (Å²) >= 11 is 7.66. The molecule has 3 rings (SSSR count). The van der Waals surface area contributed by atoms with Crippen molar-refractivity contribution in [1.82, 2.24) is 10.3 Å². The van der Waals surface area contributed by atoms with Gasteiger partial charge in [0.05, 0.1) is 5.69 Å². The molecule has 1 heterocycles. The quantitative estimate of drug-likeness (QED) is 0.712. The Kier molecular flexibility index (Phi) is 5.28. The van der Waals surface area contributed by atoms with Gasteiger partial charge in [-0.1, -0.05) is 48.0 Å². The van der Waals surface area contributed by atoms with Gasteiger partial charge in [-0.2, -0.15) is 0 Å². The predicted octanol–water partition coefficient (Wildman–Crippen LogP) is 4.81. The van der Waals surface area contributed by atoms with Gasteiger partial charge in [0.25, 0.3) is 0 Å². The molecule has 3 nitrogen and oxygen atoms in total. The van der Waals surface area contributed by atoms with Gasteiger partial charge in [0, 0.05) is 35.0 Å². The van der Waals surface area contributed by atoms with Crippen LogP contribution in [-0.2, 0) is 11.2 Å². The van der Waals surface area contributed by atoms with Gasteiger partial charge in [-0.05, 0) is 24.1 Å². The van der Waals surface area contributed by atoms with Crippen LogP contribution in [0.1, 0.15) is 12.5 Å². The van der Waals surface area contributed by atoms with Crippen molar-refractivity contribution in [3.8, 4) is 21.8 Å². The number of benzene rings is 2. The highest BCUT2D eigenvalue weighted by atomic mass is 35.5. The highest BCUT2D eigenvalue weighted by molar-refractivity contribution is 7.13. The second-order valence-corrected chi connectivity index (χ2v) is 6.77. The molecule has 1 amide bonds. The molecular formula is C19H17ClN2OS. The standard InChI is InChI=1S/C19H17ClN2OS/c1-13(23)21-10-9-14-5-7-15(8-6-14)18-12-24-19(22-18)16-3-2-4-17(20)11-16/h2-8,11-12H,9-10H2,1H3,(H,21,23). The maximum atomic E-state index is 10.9. The van der Waals surface area contributed by atoms with Crippen LogP contribution in [0.3, 0.4) is 0 Å². The van der Waals surface area contributed by atoms with E-state index in [-0.39, 0.29) is 5.91 Å². The summed E-state index contributed by atoms with van der Waals surface area (Å²) in [6, 6.07) is 16.0. The van der Waals surface area contributed by atoms with Gasteiger partial charge in [-0.15, -0.1) is 11.3 Å². The van der Waals surface area contributed by atoms with E-state index in [1.54, 1.807) is 11.3 Å². The van der Waals surface area contributed by atoms with Crippen LogP contribution in [0.4, 0.5) is 0 Å². The lowest BCUT2D eigenvalue weighted by atomic mass is 10.1. The zero-order valence-electron chi connectivity index (χ0n) is 13.3. The van der Waals surface area contributed by atoms with Crippen LogP contribution in [0.2, 0.25) is 5.02 Å². The first-order chi connectivity index (χ1) is 11.6. The lowest BCUT2D eigenvalue weighted by Gasteiger charge is -2.04. The van der Waals surface area contributed by atoms with Gasteiger partial charge in [-0.25, -0.2) is 4.98 Å². The first-order valence-electron chi connectivity index (χ1n) is 7.67. The SMILES string of the molecule is CC(=O)NCCc1ccc(-c2csc(-c3cccc(Cl)c3)n2)cc1. The Bertz CT molecular complexity index is 843. The zero-order valence-corrected chi connectivity index (χ0v) is 14.8. The minimum Gasteiger partial charge on any atom is -0.356 e. The second-order valence-electron chi connectivity index (χ2n) is 5.48. The van der Waals surface area contributed by atoms with Crippen LogP contribution in [0, 0.1) is 0 Å². The van der Waals surface area contributed by atoms with Gasteiger partial charge in [0.2, 0.25) is 5.91 Å². The summed E-state index contributed by atoms with van der Waals surface area (Å²) in [4.78, 5) is 15.6. The number of hydrogen-bond acceptors (Lipinski definition) is 3. The number of thiazole rings is 1. The van der Waals surface area contributed by atoms with E-state index in [0.717, 1.165) is 28.2 Å². The third-order valence-corrected chi connectivity index (χ3v) is 4.74. The monoisotopic (exact) mass is 356 g/mol. The van der Waals surface area contributed by atoms with Gasteiger partial charge in [0.15, 0.2) is 0 Å². The summed E-state index contributed by atoms with van der Waals surface area (Å²) in [5, 5.41) is 6.54. The third-order valence-electron chi connectivity index (χ3n) is 3.61. The van der Waals surface area contributed by atoms with Crippen molar-refractivity contribution in [3.63, 3.8) is 0 Å². The molecule has 0 saturated carbocycles. The molecule has 5 heteroatoms. The molecule has 2 aromatic carbocycles. The molecule has 0 aliphatic heterocycles. The molecule has 0 bridgehead atoms. The zero-order chi connectivity index (χ0) is 16.9. The highest BCUT2D eigenvalue weighted by Crippen LogP contribution is 2.30. The average Bonchev–Trinajstić information content (AvgIpc) is 3.05. The lowest BCUT2D eigenvalue weighted by molar-refractivity contribution is -0.118. The molecule has 0 aliphatic rings. The number of nitrogens with zero attached hydrogens (tertiary/aromatic N) is 1. The molecule has 3 aromatic rings. The van der Waals surface area contributed by atoms with E-state index in [9.17, 15) is 4.79 Å². The fraction of sp³-hybridized carbons (Fsp3) is 0.158. The molecule has 0 fully saturated rings. The fourth-order valence-electron chi connectivity index (χ4n) is 2.39. The normalized spacial score (nSPS) is 10.6. The van der Waals surface area contributed by atoms with E-state index in [1.165, 1.54) is 12.5 Å². The van der Waals surface area contributed by atoms with Crippen molar-refractivity contribution in [1.29, 1.82) is 0 Å². The topological polar surface area (TPSA) is 42.0 Å². The minimum absolute atomic E-state index is 0.00244. The Balaban J connectivity index is 1.72. The summed E-state index contributed by atoms with van der Waals surface area (Å²) < 4.78 is 0. The first kappa shape index (κ1) is 16.7. The van der Waals surface area contributed by atoms with Crippen molar-refractivity contribution in [3.05, 3.63) is 64.5 Å². The number of amides is 1. The average molecular weight is 357 g/mol. The number of carbonyl (C=O) groups is 1. The van der Waals surface area contributed by atoms with Gasteiger partial charge in [-0.3, -0.25) is 4.79 Å². The number of hydrogen-bond donors (Lipinski definition) is 1. The fourth-order valence-corrected chi connectivity index (χ4v) is 3.40. The van der Waals surface area contributed by atoms with Gasteiger partial charge >= 0.3 is 0 Å². The first-order valence-corrected chi connectivity index (χ1v) is 8.93. The van der Waals surface area contributed by atoms with Crippen LogP contribution in [0.25, 0.3) is 21.8 Å². The van der Waals surface area contributed by atoms with Crippen molar-refractivity contribution in [2.24, 2.45) is 0 Å². The highest BCUT2D eigenvalue weighted by Gasteiger charge is 2.07. The van der Waals surface area contributed by atoms with Crippen molar-refractivity contribution >= 4 is 28.8 Å². The minimum atomic E-state index is 0.00244. The molecular weight excluding hydrogens is 340 g/mol. The Labute approximate surface area is 150 Å². The summed E-state index contributed by atoms with van der Waals surface area (Å²) in [7, 11) is 0. The Morgan fingerprint density at radius 1 is 1.17 bits per heavy atom. The lowest BCUT2D eigenvalue weighted by Crippen LogP contribution is -2.22. The predicted molar refractivity (Wildman–Crippen MR) is 100 cm³/mol. The van der Waals surface area contributed by atoms with Crippen molar-refractivity contribution in [2.75, 3.05) is 6.54 Å². The summed E-state index contributed by atoms with van der Waals surface area (Å²) in [5.74, 6) is 0.00244. The molecule has 0 radical (unpaired) electrons. The van der Waals surface area contributed by atoms with E-state index >= 15 is 0 Å². The van der Waals surface area contributed by atoms with E-state index in [1.807, 2.05) is 24.3 Å². The molecule has 0 saturated heterocycles. The maximum Gasteiger partial charge on any atom is 0.216 e. The largest absolute Gasteiger partial charge is 0.356 e. The summed E-state index contributed by atoms with van der Waals surface area (Å²) in [6.07, 6.45) is 0.824. The molecule has 1 N–H and O–H groups in total. The van der Waals surface area contributed by atoms with E-state index in [0.29, 0.717) is 11.6 Å². The maximum absolute atomic E-state index is 10.9. The smallest absolute Gasteiger partial charge is 0.216 e. The molecule has 0 unspecified atom stereocenters. The molecule has 0 aliphatic carbocycles. The van der Waals surface area contributed by atoms with Crippen LogP contribution in [0.5, 0.6) is 0 Å². The van der Waals surface area contributed by atoms with Crippen molar-refractivity contribution < 1.29 is 4.79 Å².